The second kappa shape index (κ2) is 4.53. The minimum Gasteiger partial charge on any atom is -0.497 e. The Kier molecular flexibility index (Phi) is 3.10. The van der Waals surface area contributed by atoms with Crippen LogP contribution in [0.1, 0.15) is 11.1 Å². The van der Waals surface area contributed by atoms with Crippen molar-refractivity contribution in [2.45, 2.75) is 19.0 Å². The van der Waals surface area contributed by atoms with Crippen molar-refractivity contribution in [3.8, 4) is 5.75 Å². The van der Waals surface area contributed by atoms with E-state index in [1.807, 2.05) is 18.2 Å². The van der Waals surface area contributed by atoms with E-state index in [9.17, 15) is 4.79 Å². The Morgan fingerprint density at radius 2 is 2.19 bits per heavy atom. The molecule has 0 bridgehead atoms. The van der Waals surface area contributed by atoms with Crippen LogP contribution in [0.4, 0.5) is 0 Å². The Morgan fingerprint density at radius 3 is 2.88 bits per heavy atom. The largest absolute Gasteiger partial charge is 0.497 e. The summed E-state index contributed by atoms with van der Waals surface area (Å²) in [5.41, 5.74) is 2.36. The maximum Gasteiger partial charge on any atom is 0.323 e. The third-order valence-electron chi connectivity index (χ3n) is 2.86. The monoisotopic (exact) mass is 221 g/mol. The number of nitrogens with one attached hydrogen (secondary N) is 1. The first kappa shape index (κ1) is 11.0. The van der Waals surface area contributed by atoms with Crippen LogP contribution < -0.4 is 10.1 Å². The van der Waals surface area contributed by atoms with E-state index in [1.54, 1.807) is 7.11 Å². The topological polar surface area (TPSA) is 47.6 Å². The summed E-state index contributed by atoms with van der Waals surface area (Å²) in [4.78, 5) is 11.4. The highest BCUT2D eigenvalue weighted by Gasteiger charge is 2.24. The summed E-state index contributed by atoms with van der Waals surface area (Å²) in [5, 5.41) is 3.15. The van der Waals surface area contributed by atoms with E-state index in [1.165, 1.54) is 12.7 Å². The van der Waals surface area contributed by atoms with Crippen LogP contribution in [0.25, 0.3) is 0 Å². The smallest absolute Gasteiger partial charge is 0.323 e. The molecule has 1 aliphatic heterocycles. The summed E-state index contributed by atoms with van der Waals surface area (Å²) in [6, 6.07) is 5.68. The van der Waals surface area contributed by atoms with Crippen molar-refractivity contribution < 1.29 is 14.3 Å². The molecule has 0 radical (unpaired) electrons. The first-order chi connectivity index (χ1) is 7.74. The van der Waals surface area contributed by atoms with Gasteiger partial charge >= 0.3 is 5.97 Å². The number of methoxy groups -OCH3 is 2. The van der Waals surface area contributed by atoms with Crippen molar-refractivity contribution >= 4 is 5.97 Å². The van der Waals surface area contributed by atoms with Crippen LogP contribution in [0.3, 0.4) is 0 Å². The van der Waals surface area contributed by atoms with Crippen LogP contribution in [0.2, 0.25) is 0 Å². The number of hydrogen-bond donors (Lipinski definition) is 1. The molecule has 0 fully saturated rings. The van der Waals surface area contributed by atoms with Gasteiger partial charge in [0.05, 0.1) is 14.2 Å². The van der Waals surface area contributed by atoms with E-state index in [-0.39, 0.29) is 12.0 Å². The van der Waals surface area contributed by atoms with Gasteiger partial charge in [0.1, 0.15) is 11.8 Å². The van der Waals surface area contributed by atoms with Crippen molar-refractivity contribution in [3.05, 3.63) is 29.3 Å². The minimum absolute atomic E-state index is 0.214. The van der Waals surface area contributed by atoms with E-state index < -0.39 is 0 Å². The number of ether oxygens (including phenoxy) is 2. The molecule has 1 heterocycles. The van der Waals surface area contributed by atoms with Crippen LogP contribution in [-0.4, -0.2) is 26.2 Å². The van der Waals surface area contributed by atoms with Crippen LogP contribution in [0.5, 0.6) is 5.75 Å². The Morgan fingerprint density at radius 1 is 1.38 bits per heavy atom. The van der Waals surface area contributed by atoms with Gasteiger partial charge in [0, 0.05) is 6.54 Å². The summed E-state index contributed by atoms with van der Waals surface area (Å²) in [7, 11) is 3.05. The maximum atomic E-state index is 11.4. The zero-order valence-electron chi connectivity index (χ0n) is 9.45. The molecular weight excluding hydrogens is 206 g/mol. The lowest BCUT2D eigenvalue weighted by Crippen LogP contribution is -2.42. The van der Waals surface area contributed by atoms with E-state index in [2.05, 4.69) is 5.32 Å². The first-order valence-corrected chi connectivity index (χ1v) is 5.21. The standard InChI is InChI=1S/C12H15NO3/c1-15-10-4-3-8-7-13-11(12(14)16-2)6-9(8)5-10/h3-5,11,13H,6-7H2,1-2H3/t11-/m1/s1. The summed E-state index contributed by atoms with van der Waals surface area (Å²) in [6.45, 7) is 0.694. The molecule has 0 amide bonds. The van der Waals surface area contributed by atoms with Gasteiger partial charge in [-0.2, -0.15) is 0 Å². The molecule has 1 N–H and O–H groups in total. The lowest BCUT2D eigenvalue weighted by molar-refractivity contribution is -0.143. The molecule has 0 saturated carbocycles. The van der Waals surface area contributed by atoms with Gasteiger partial charge in [0.2, 0.25) is 0 Å². The number of hydrogen-bond acceptors (Lipinski definition) is 4. The Balaban J connectivity index is 2.21. The zero-order valence-corrected chi connectivity index (χ0v) is 9.45. The van der Waals surface area contributed by atoms with Crippen LogP contribution in [0.15, 0.2) is 18.2 Å². The molecule has 2 rings (SSSR count). The van der Waals surface area contributed by atoms with Crippen molar-refractivity contribution in [1.29, 1.82) is 0 Å². The van der Waals surface area contributed by atoms with E-state index in [0.717, 1.165) is 11.3 Å². The summed E-state index contributed by atoms with van der Waals surface area (Å²) in [5.74, 6) is 0.609. The first-order valence-electron chi connectivity index (χ1n) is 5.21. The second-order valence-corrected chi connectivity index (χ2v) is 3.80. The molecule has 0 aromatic heterocycles. The molecule has 1 atom stereocenters. The molecule has 1 aromatic carbocycles. The molecule has 16 heavy (non-hydrogen) atoms. The van der Waals surface area contributed by atoms with Gasteiger partial charge in [-0.3, -0.25) is 4.79 Å². The molecule has 0 saturated heterocycles. The molecule has 4 heteroatoms. The van der Waals surface area contributed by atoms with Crippen LogP contribution in [0, 0.1) is 0 Å². The Labute approximate surface area is 94.6 Å². The predicted octanol–water partition coefficient (Wildman–Crippen LogP) is 0.882. The van der Waals surface area contributed by atoms with E-state index >= 15 is 0 Å². The maximum absolute atomic E-state index is 11.4. The van der Waals surface area contributed by atoms with Crippen molar-refractivity contribution in [1.82, 2.24) is 5.32 Å². The normalized spacial score (nSPS) is 18.8. The lowest BCUT2D eigenvalue weighted by atomic mass is 9.95. The fourth-order valence-corrected chi connectivity index (χ4v) is 1.93. The molecule has 86 valence electrons. The quantitative estimate of drug-likeness (QED) is 0.753. The average molecular weight is 221 g/mol. The van der Waals surface area contributed by atoms with Gasteiger partial charge in [0.15, 0.2) is 0 Å². The van der Waals surface area contributed by atoms with Gasteiger partial charge in [0.25, 0.3) is 0 Å². The molecule has 1 aliphatic rings. The van der Waals surface area contributed by atoms with Crippen molar-refractivity contribution in [2.75, 3.05) is 14.2 Å². The summed E-state index contributed by atoms with van der Waals surface area (Å²) < 4.78 is 9.89. The van der Waals surface area contributed by atoms with Gasteiger partial charge < -0.3 is 14.8 Å². The van der Waals surface area contributed by atoms with E-state index in [0.29, 0.717) is 13.0 Å². The highest BCUT2D eigenvalue weighted by atomic mass is 16.5. The zero-order chi connectivity index (χ0) is 11.5. The van der Waals surface area contributed by atoms with Gasteiger partial charge in [-0.15, -0.1) is 0 Å². The van der Waals surface area contributed by atoms with Crippen LogP contribution in [-0.2, 0) is 22.5 Å². The number of rotatable bonds is 2. The number of carbonyl (C=O) groups is 1. The number of carbonyl (C=O) groups excluding carboxylic acids is 1. The highest BCUT2D eigenvalue weighted by Crippen LogP contribution is 2.22. The Hall–Kier alpha value is -1.55. The molecule has 1 aromatic rings. The average Bonchev–Trinajstić information content (AvgIpc) is 2.36. The lowest BCUT2D eigenvalue weighted by Gasteiger charge is -2.24. The SMILES string of the molecule is COC(=O)[C@H]1Cc2cc(OC)ccc2CN1. The fraction of sp³-hybridized carbons (Fsp3) is 0.417. The minimum atomic E-state index is -0.246. The molecule has 4 nitrogen and oxygen atoms in total. The van der Waals surface area contributed by atoms with Crippen LogP contribution >= 0.6 is 0 Å². The van der Waals surface area contributed by atoms with E-state index in [4.69, 9.17) is 9.47 Å². The molecule has 0 aliphatic carbocycles. The molecular formula is C12H15NO3. The number of fused-ring (bicyclic) bond motifs is 1. The number of esters is 1. The molecule has 0 spiro atoms. The third kappa shape index (κ3) is 2.02. The second-order valence-electron chi connectivity index (χ2n) is 3.80. The summed E-state index contributed by atoms with van der Waals surface area (Å²) in [6.07, 6.45) is 0.652. The molecule has 0 unspecified atom stereocenters. The number of benzene rings is 1. The third-order valence-corrected chi connectivity index (χ3v) is 2.86. The summed E-state index contributed by atoms with van der Waals surface area (Å²) >= 11 is 0. The van der Waals surface area contributed by atoms with Gasteiger partial charge in [-0.1, -0.05) is 6.07 Å². The predicted molar refractivity (Wildman–Crippen MR) is 59.3 cm³/mol. The van der Waals surface area contributed by atoms with Gasteiger partial charge in [-0.05, 0) is 29.7 Å². The van der Waals surface area contributed by atoms with Crippen molar-refractivity contribution in [3.63, 3.8) is 0 Å². The fourth-order valence-electron chi connectivity index (χ4n) is 1.93. The highest BCUT2D eigenvalue weighted by molar-refractivity contribution is 5.76. The van der Waals surface area contributed by atoms with Gasteiger partial charge in [-0.25, -0.2) is 0 Å². The Bertz CT molecular complexity index is 403. The van der Waals surface area contributed by atoms with Crippen molar-refractivity contribution in [2.24, 2.45) is 0 Å².